The van der Waals surface area contributed by atoms with Crippen LogP contribution in [0.4, 0.5) is 5.69 Å². The molecule has 0 atom stereocenters. The highest BCUT2D eigenvalue weighted by atomic mass is 35.5. The largest absolute Gasteiger partial charge is 0.482 e. The molecule has 2 rings (SSSR count). The lowest BCUT2D eigenvalue weighted by Gasteiger charge is -2.11. The van der Waals surface area contributed by atoms with Gasteiger partial charge in [0.25, 0.3) is 5.91 Å². The number of carboxylic acid groups (broad SMARTS) is 1. The number of benzene rings is 2. The maximum Gasteiger partial charge on any atom is 0.337 e. The van der Waals surface area contributed by atoms with E-state index in [9.17, 15) is 9.59 Å². The number of amides is 1. The number of aryl methyl sites for hydroxylation is 1. The zero-order valence-corrected chi connectivity index (χ0v) is 12.6. The van der Waals surface area contributed by atoms with Crippen molar-refractivity contribution in [2.75, 3.05) is 11.9 Å². The second kappa shape index (κ2) is 6.95. The monoisotopic (exact) mass is 319 g/mol. The van der Waals surface area contributed by atoms with Crippen molar-refractivity contribution < 1.29 is 19.4 Å². The van der Waals surface area contributed by atoms with Crippen LogP contribution in [0.3, 0.4) is 0 Å². The molecule has 0 unspecified atom stereocenters. The van der Waals surface area contributed by atoms with Gasteiger partial charge in [-0.1, -0.05) is 35.4 Å². The van der Waals surface area contributed by atoms with Crippen LogP contribution in [0.15, 0.2) is 42.5 Å². The van der Waals surface area contributed by atoms with Gasteiger partial charge in [0.05, 0.1) is 16.3 Å². The molecule has 0 saturated carbocycles. The van der Waals surface area contributed by atoms with Gasteiger partial charge in [0.2, 0.25) is 0 Å². The molecule has 114 valence electrons. The van der Waals surface area contributed by atoms with E-state index in [2.05, 4.69) is 5.32 Å². The number of ether oxygens (including phenoxy) is 1. The average Bonchev–Trinajstić information content (AvgIpc) is 2.48. The molecule has 5 nitrogen and oxygen atoms in total. The van der Waals surface area contributed by atoms with Gasteiger partial charge in [-0.05, 0) is 31.2 Å². The fourth-order valence-corrected chi connectivity index (χ4v) is 2.03. The summed E-state index contributed by atoms with van der Waals surface area (Å²) in [7, 11) is 0. The summed E-state index contributed by atoms with van der Waals surface area (Å²) in [6, 6.07) is 11.5. The number of rotatable bonds is 5. The molecule has 1 amide bonds. The number of anilines is 1. The van der Waals surface area contributed by atoms with Crippen molar-refractivity contribution in [3.63, 3.8) is 0 Å². The van der Waals surface area contributed by atoms with Crippen molar-refractivity contribution in [1.29, 1.82) is 0 Å². The van der Waals surface area contributed by atoms with Gasteiger partial charge in [0.15, 0.2) is 6.61 Å². The van der Waals surface area contributed by atoms with E-state index >= 15 is 0 Å². The van der Waals surface area contributed by atoms with E-state index in [4.69, 9.17) is 21.4 Å². The van der Waals surface area contributed by atoms with E-state index in [0.717, 1.165) is 5.56 Å². The number of hydrogen-bond acceptors (Lipinski definition) is 3. The minimum atomic E-state index is -1.11. The number of halogens is 1. The Morgan fingerprint density at radius 1 is 1.23 bits per heavy atom. The first kappa shape index (κ1) is 15.9. The van der Waals surface area contributed by atoms with E-state index in [1.165, 1.54) is 6.07 Å². The normalized spacial score (nSPS) is 10.1. The van der Waals surface area contributed by atoms with Gasteiger partial charge >= 0.3 is 5.97 Å². The van der Waals surface area contributed by atoms with Crippen LogP contribution in [0.5, 0.6) is 5.75 Å². The summed E-state index contributed by atoms with van der Waals surface area (Å²) in [5.74, 6) is -1.18. The summed E-state index contributed by atoms with van der Waals surface area (Å²) in [5.41, 5.74) is 1.06. The van der Waals surface area contributed by atoms with Crippen molar-refractivity contribution in [2.24, 2.45) is 0 Å². The Hall–Kier alpha value is -2.53. The second-order valence-corrected chi connectivity index (χ2v) is 5.03. The van der Waals surface area contributed by atoms with Crippen molar-refractivity contribution in [3.8, 4) is 5.75 Å². The number of carboxylic acids is 1. The quantitative estimate of drug-likeness (QED) is 0.886. The zero-order chi connectivity index (χ0) is 16.1. The molecule has 0 aliphatic heterocycles. The number of para-hydroxylation sites is 1. The van der Waals surface area contributed by atoms with Crippen LogP contribution < -0.4 is 10.1 Å². The first-order valence-corrected chi connectivity index (χ1v) is 6.86. The van der Waals surface area contributed by atoms with Gasteiger partial charge in [0, 0.05) is 0 Å². The van der Waals surface area contributed by atoms with Crippen LogP contribution in [-0.4, -0.2) is 23.6 Å². The third-order valence-corrected chi connectivity index (χ3v) is 3.19. The Morgan fingerprint density at radius 2 is 1.95 bits per heavy atom. The molecule has 0 heterocycles. The minimum Gasteiger partial charge on any atom is -0.482 e. The van der Waals surface area contributed by atoms with Crippen LogP contribution in [-0.2, 0) is 4.79 Å². The van der Waals surface area contributed by atoms with Crippen LogP contribution in [0.1, 0.15) is 15.9 Å². The number of carbonyl (C=O) groups is 2. The fraction of sp³-hybridized carbons (Fsp3) is 0.125. The maximum atomic E-state index is 11.9. The van der Waals surface area contributed by atoms with E-state index in [-0.39, 0.29) is 17.9 Å². The van der Waals surface area contributed by atoms with Gasteiger partial charge in [-0.3, -0.25) is 4.79 Å². The highest BCUT2D eigenvalue weighted by Gasteiger charge is 2.13. The molecular formula is C16H14ClNO4. The van der Waals surface area contributed by atoms with Gasteiger partial charge in [-0.2, -0.15) is 0 Å². The summed E-state index contributed by atoms with van der Waals surface area (Å²) in [6.45, 7) is 1.51. The SMILES string of the molecule is Cc1ccc(NC(=O)COc2ccccc2Cl)c(C(=O)O)c1. The number of carbonyl (C=O) groups excluding carboxylic acids is 1. The number of aromatic carboxylic acids is 1. The molecule has 2 aromatic carbocycles. The van der Waals surface area contributed by atoms with E-state index in [1.54, 1.807) is 43.3 Å². The lowest BCUT2D eigenvalue weighted by Crippen LogP contribution is -2.21. The fourth-order valence-electron chi connectivity index (χ4n) is 1.84. The van der Waals surface area contributed by atoms with E-state index < -0.39 is 11.9 Å². The molecule has 2 N–H and O–H groups in total. The minimum absolute atomic E-state index is 0.0334. The molecule has 0 bridgehead atoms. The molecule has 2 aromatic rings. The van der Waals surface area contributed by atoms with Crippen molar-refractivity contribution >= 4 is 29.2 Å². The summed E-state index contributed by atoms with van der Waals surface area (Å²) in [4.78, 5) is 23.1. The maximum absolute atomic E-state index is 11.9. The summed E-state index contributed by atoms with van der Waals surface area (Å²) in [6.07, 6.45) is 0. The van der Waals surface area contributed by atoms with Crippen LogP contribution in [0.2, 0.25) is 5.02 Å². The van der Waals surface area contributed by atoms with Crippen molar-refractivity contribution in [3.05, 3.63) is 58.6 Å². The molecule has 22 heavy (non-hydrogen) atoms. The van der Waals surface area contributed by atoms with Gasteiger partial charge in [0.1, 0.15) is 5.75 Å². The predicted octanol–water partition coefficient (Wildman–Crippen LogP) is 3.36. The molecule has 0 radical (unpaired) electrons. The first-order valence-electron chi connectivity index (χ1n) is 6.48. The molecule has 6 heteroatoms. The Labute approximate surface area is 132 Å². The topological polar surface area (TPSA) is 75.6 Å². The summed E-state index contributed by atoms with van der Waals surface area (Å²) in [5, 5.41) is 12.1. The lowest BCUT2D eigenvalue weighted by molar-refractivity contribution is -0.118. The summed E-state index contributed by atoms with van der Waals surface area (Å²) < 4.78 is 5.30. The Balaban J connectivity index is 2.04. The highest BCUT2D eigenvalue weighted by Crippen LogP contribution is 2.23. The predicted molar refractivity (Wildman–Crippen MR) is 83.7 cm³/mol. The van der Waals surface area contributed by atoms with Crippen LogP contribution >= 0.6 is 11.6 Å². The van der Waals surface area contributed by atoms with Crippen LogP contribution in [0, 0.1) is 6.92 Å². The first-order chi connectivity index (χ1) is 10.5. The number of nitrogens with one attached hydrogen (secondary N) is 1. The van der Waals surface area contributed by atoms with Crippen molar-refractivity contribution in [2.45, 2.75) is 6.92 Å². The summed E-state index contributed by atoms with van der Waals surface area (Å²) >= 11 is 5.92. The molecule has 0 aliphatic rings. The Bertz CT molecular complexity index is 715. The molecule has 0 aromatic heterocycles. The molecule has 0 saturated heterocycles. The smallest absolute Gasteiger partial charge is 0.337 e. The van der Waals surface area contributed by atoms with Crippen molar-refractivity contribution in [1.82, 2.24) is 0 Å². The van der Waals surface area contributed by atoms with Gasteiger partial charge in [-0.25, -0.2) is 4.79 Å². The standard InChI is InChI=1S/C16H14ClNO4/c1-10-6-7-13(11(8-10)16(20)21)18-15(19)9-22-14-5-3-2-4-12(14)17/h2-8H,9H2,1H3,(H,18,19)(H,20,21). The average molecular weight is 320 g/mol. The molecule has 0 aliphatic carbocycles. The highest BCUT2D eigenvalue weighted by molar-refractivity contribution is 6.32. The molecule has 0 fully saturated rings. The second-order valence-electron chi connectivity index (χ2n) is 4.62. The third kappa shape index (κ3) is 3.99. The zero-order valence-electron chi connectivity index (χ0n) is 11.8. The van der Waals surface area contributed by atoms with Crippen LogP contribution in [0.25, 0.3) is 0 Å². The van der Waals surface area contributed by atoms with Gasteiger partial charge < -0.3 is 15.2 Å². The van der Waals surface area contributed by atoms with E-state index in [0.29, 0.717) is 10.8 Å². The lowest BCUT2D eigenvalue weighted by atomic mass is 10.1. The Morgan fingerprint density at radius 3 is 2.64 bits per heavy atom. The Kier molecular flexibility index (Phi) is 5.01. The van der Waals surface area contributed by atoms with E-state index in [1.807, 2.05) is 0 Å². The third-order valence-electron chi connectivity index (χ3n) is 2.87. The van der Waals surface area contributed by atoms with Gasteiger partial charge in [-0.15, -0.1) is 0 Å². The molecule has 0 spiro atoms. The molecular weight excluding hydrogens is 306 g/mol. The number of hydrogen-bond donors (Lipinski definition) is 2.